The van der Waals surface area contributed by atoms with E-state index in [0.29, 0.717) is 23.5 Å². The molecule has 4 atom stereocenters. The van der Waals surface area contributed by atoms with Crippen LogP contribution < -0.4 is 16.1 Å². The SMILES string of the molecule is C/C=C\C=C/C(C)C(=O)NC1C2CN(C3N=CC(C=O)=CN3)CC21.CNO. The lowest BCUT2D eigenvalue weighted by molar-refractivity contribution is -0.123. The zero-order chi connectivity index (χ0) is 19.8. The van der Waals surface area contributed by atoms with E-state index in [1.54, 1.807) is 17.9 Å². The molecule has 0 aromatic carbocycles. The molecule has 27 heavy (non-hydrogen) atoms. The quantitative estimate of drug-likeness (QED) is 0.305. The first-order valence-electron chi connectivity index (χ1n) is 9.15. The largest absolute Gasteiger partial charge is 0.357 e. The predicted molar refractivity (Wildman–Crippen MR) is 104 cm³/mol. The molecule has 4 N–H and O–H groups in total. The molecule has 0 spiro atoms. The summed E-state index contributed by atoms with van der Waals surface area (Å²) in [5.74, 6) is 0.993. The lowest BCUT2D eigenvalue weighted by Crippen LogP contribution is -2.46. The van der Waals surface area contributed by atoms with Gasteiger partial charge in [-0.3, -0.25) is 19.5 Å². The summed E-state index contributed by atoms with van der Waals surface area (Å²) in [4.78, 5) is 29.5. The smallest absolute Gasteiger partial charge is 0.226 e. The summed E-state index contributed by atoms with van der Waals surface area (Å²) in [6.45, 7) is 5.69. The molecule has 8 nitrogen and oxygen atoms in total. The van der Waals surface area contributed by atoms with Gasteiger partial charge in [0.1, 0.15) is 0 Å². The molecule has 1 saturated carbocycles. The standard InChI is InChI=1S/C18H24N4O2.CH5NO/c1-3-4-5-6-12(2)17(24)21-16-14-9-22(10-15(14)16)18-19-7-13(11-23)8-20-18;1-2-3/h3-8,11-12,14-16,18-19H,9-10H2,1-2H3,(H,21,24);2-3H,1H3/b4-3-,6-5-;. The molecule has 8 heteroatoms. The fraction of sp³-hybridized carbons (Fsp3) is 0.526. The number of likely N-dealkylation sites (tertiary alicyclic amines) is 1. The molecule has 1 amide bonds. The number of allylic oxidation sites excluding steroid dienone is 4. The average Bonchev–Trinajstić information content (AvgIpc) is 3.11. The Morgan fingerprint density at radius 1 is 1.41 bits per heavy atom. The summed E-state index contributed by atoms with van der Waals surface area (Å²) in [5.41, 5.74) is 2.31. The van der Waals surface area contributed by atoms with Crippen LogP contribution in [0.15, 0.2) is 41.1 Å². The Hall–Kier alpha value is -2.29. The molecular formula is C19H29N5O3. The number of nitrogens with zero attached hydrogens (tertiary/aromatic N) is 2. The fourth-order valence-electron chi connectivity index (χ4n) is 3.37. The predicted octanol–water partition coefficient (Wildman–Crippen LogP) is 0.437. The molecule has 0 aromatic heterocycles. The fourth-order valence-corrected chi connectivity index (χ4v) is 3.37. The molecule has 2 fully saturated rings. The van der Waals surface area contributed by atoms with Crippen LogP contribution in [0.3, 0.4) is 0 Å². The zero-order valence-electron chi connectivity index (χ0n) is 16.0. The third kappa shape index (κ3) is 5.59. The number of aldehydes is 1. The van der Waals surface area contributed by atoms with Gasteiger partial charge in [0, 0.05) is 44.2 Å². The summed E-state index contributed by atoms with van der Waals surface area (Å²) >= 11 is 0. The van der Waals surface area contributed by atoms with Crippen LogP contribution in [0.1, 0.15) is 13.8 Å². The lowest BCUT2D eigenvalue weighted by atomic mass is 10.1. The van der Waals surface area contributed by atoms with Crippen LogP contribution in [0, 0.1) is 17.8 Å². The minimum Gasteiger partial charge on any atom is -0.357 e. The van der Waals surface area contributed by atoms with E-state index in [9.17, 15) is 9.59 Å². The van der Waals surface area contributed by atoms with Gasteiger partial charge in [-0.05, 0) is 18.8 Å². The van der Waals surface area contributed by atoms with E-state index in [0.717, 1.165) is 19.4 Å². The summed E-state index contributed by atoms with van der Waals surface area (Å²) in [7, 11) is 1.43. The Labute approximate surface area is 160 Å². The van der Waals surface area contributed by atoms with E-state index < -0.39 is 0 Å². The van der Waals surface area contributed by atoms with Crippen molar-refractivity contribution in [3.05, 3.63) is 36.1 Å². The number of carbonyl (C=O) groups excluding carboxylic acids is 2. The Bertz CT molecular complexity index is 631. The average molecular weight is 375 g/mol. The second kappa shape index (κ2) is 10.1. The number of hydroxylamine groups is 1. The first kappa shape index (κ1) is 21.0. The van der Waals surface area contributed by atoms with Gasteiger partial charge in [0.25, 0.3) is 0 Å². The van der Waals surface area contributed by atoms with Crippen LogP contribution in [0.25, 0.3) is 0 Å². The molecule has 3 rings (SSSR count). The Morgan fingerprint density at radius 2 is 2.07 bits per heavy atom. The van der Waals surface area contributed by atoms with Crippen LogP contribution in [-0.4, -0.2) is 61.0 Å². The first-order chi connectivity index (χ1) is 13.0. The number of hydrogen-bond donors (Lipinski definition) is 4. The Kier molecular flexibility index (Phi) is 7.90. The summed E-state index contributed by atoms with van der Waals surface area (Å²) in [6, 6.07) is 0.292. The van der Waals surface area contributed by atoms with Gasteiger partial charge in [0.2, 0.25) is 5.91 Å². The van der Waals surface area contributed by atoms with Crippen molar-refractivity contribution in [1.82, 2.24) is 21.0 Å². The maximum Gasteiger partial charge on any atom is 0.226 e. The number of rotatable bonds is 6. The third-order valence-corrected chi connectivity index (χ3v) is 4.89. The summed E-state index contributed by atoms with van der Waals surface area (Å²) < 4.78 is 0. The highest BCUT2D eigenvalue weighted by molar-refractivity contribution is 6.02. The van der Waals surface area contributed by atoms with Gasteiger partial charge in [-0.1, -0.05) is 31.2 Å². The Balaban J connectivity index is 0.000000817. The topological polar surface area (TPSA) is 106 Å². The van der Waals surface area contributed by atoms with Gasteiger partial charge in [-0.2, -0.15) is 0 Å². The number of fused-ring (bicyclic) bond motifs is 1. The van der Waals surface area contributed by atoms with Crippen molar-refractivity contribution in [3.8, 4) is 0 Å². The highest BCUT2D eigenvalue weighted by Gasteiger charge is 2.57. The lowest BCUT2D eigenvalue weighted by Gasteiger charge is -2.28. The second-order valence-corrected chi connectivity index (χ2v) is 6.82. The van der Waals surface area contributed by atoms with E-state index in [2.05, 4.69) is 20.5 Å². The normalized spacial score (nSPS) is 30.1. The molecule has 2 aliphatic heterocycles. The second-order valence-electron chi connectivity index (χ2n) is 6.82. The van der Waals surface area contributed by atoms with E-state index in [4.69, 9.17) is 5.21 Å². The van der Waals surface area contributed by atoms with Gasteiger partial charge in [0.15, 0.2) is 12.6 Å². The van der Waals surface area contributed by atoms with Crippen molar-refractivity contribution >= 4 is 18.4 Å². The number of nitrogens with one attached hydrogen (secondary N) is 3. The van der Waals surface area contributed by atoms with Gasteiger partial charge >= 0.3 is 0 Å². The maximum atomic E-state index is 12.2. The number of hydrogen-bond acceptors (Lipinski definition) is 7. The van der Waals surface area contributed by atoms with Crippen LogP contribution in [-0.2, 0) is 9.59 Å². The van der Waals surface area contributed by atoms with Gasteiger partial charge in [-0.25, -0.2) is 5.48 Å². The van der Waals surface area contributed by atoms with Crippen molar-refractivity contribution in [2.24, 2.45) is 22.7 Å². The summed E-state index contributed by atoms with van der Waals surface area (Å²) in [5, 5.41) is 13.6. The molecule has 0 radical (unpaired) electrons. The molecule has 4 unspecified atom stereocenters. The number of piperidine rings is 1. The van der Waals surface area contributed by atoms with Crippen molar-refractivity contribution in [2.45, 2.75) is 26.2 Å². The Morgan fingerprint density at radius 3 is 2.59 bits per heavy atom. The summed E-state index contributed by atoms with van der Waals surface area (Å²) in [6.07, 6.45) is 11.7. The minimum absolute atomic E-state index is 0.0917. The molecule has 148 valence electrons. The molecule has 0 bridgehead atoms. The van der Waals surface area contributed by atoms with Crippen LogP contribution in [0.4, 0.5) is 0 Å². The zero-order valence-corrected chi connectivity index (χ0v) is 16.0. The van der Waals surface area contributed by atoms with Crippen molar-refractivity contribution in [3.63, 3.8) is 0 Å². The van der Waals surface area contributed by atoms with Crippen LogP contribution in [0.5, 0.6) is 0 Å². The monoisotopic (exact) mass is 375 g/mol. The first-order valence-corrected chi connectivity index (χ1v) is 9.15. The molecule has 1 aliphatic carbocycles. The minimum atomic E-state index is -0.116. The number of amides is 1. The van der Waals surface area contributed by atoms with Gasteiger partial charge in [0.05, 0.1) is 5.92 Å². The molecule has 1 saturated heterocycles. The van der Waals surface area contributed by atoms with Crippen molar-refractivity contribution in [2.75, 3.05) is 20.1 Å². The van der Waals surface area contributed by atoms with E-state index in [1.807, 2.05) is 38.2 Å². The van der Waals surface area contributed by atoms with E-state index >= 15 is 0 Å². The van der Waals surface area contributed by atoms with Crippen LogP contribution >= 0.6 is 0 Å². The van der Waals surface area contributed by atoms with Crippen LogP contribution in [0.2, 0.25) is 0 Å². The van der Waals surface area contributed by atoms with Gasteiger partial charge in [-0.15, -0.1) is 0 Å². The molecule has 2 heterocycles. The van der Waals surface area contributed by atoms with Crippen molar-refractivity contribution < 1.29 is 14.8 Å². The van der Waals surface area contributed by atoms with Crippen molar-refractivity contribution in [1.29, 1.82) is 0 Å². The van der Waals surface area contributed by atoms with Gasteiger partial charge < -0.3 is 15.8 Å². The highest BCUT2D eigenvalue weighted by Crippen LogP contribution is 2.46. The molecular weight excluding hydrogens is 346 g/mol. The third-order valence-electron chi connectivity index (χ3n) is 4.89. The number of aliphatic imine (C=N–C) groups is 1. The highest BCUT2D eigenvalue weighted by atomic mass is 16.5. The number of carbonyl (C=O) groups is 2. The molecule has 0 aromatic rings. The molecule has 3 aliphatic rings. The van der Waals surface area contributed by atoms with E-state index in [1.165, 1.54) is 7.05 Å². The maximum absolute atomic E-state index is 12.2. The van der Waals surface area contributed by atoms with E-state index in [-0.39, 0.29) is 18.1 Å².